The summed E-state index contributed by atoms with van der Waals surface area (Å²) in [5.74, 6) is -1.98. The quantitative estimate of drug-likeness (QED) is 0.442. The van der Waals surface area contributed by atoms with Crippen LogP contribution in [0.25, 0.3) is 0 Å². The largest absolute Gasteiger partial charge is 0.335 e. The Morgan fingerprint density at radius 3 is 2.40 bits per heavy atom. The van der Waals surface area contributed by atoms with Crippen LogP contribution in [0.2, 0.25) is 0 Å². The van der Waals surface area contributed by atoms with E-state index in [1.54, 1.807) is 20.0 Å². The van der Waals surface area contributed by atoms with Crippen LogP contribution in [0.4, 0.5) is 10.5 Å². The first-order chi connectivity index (χ1) is 11.9. The highest BCUT2D eigenvalue weighted by Gasteiger charge is 2.43. The van der Waals surface area contributed by atoms with E-state index in [4.69, 9.17) is 0 Å². The molecule has 0 saturated carbocycles. The molecule has 0 radical (unpaired) electrons. The van der Waals surface area contributed by atoms with Gasteiger partial charge in [0, 0.05) is 11.4 Å². The first-order valence-electron chi connectivity index (χ1n) is 7.67. The van der Waals surface area contributed by atoms with Crippen LogP contribution >= 0.6 is 11.8 Å². The number of urea groups is 1. The van der Waals surface area contributed by atoms with Crippen molar-refractivity contribution in [1.29, 1.82) is 0 Å². The summed E-state index contributed by atoms with van der Waals surface area (Å²) in [4.78, 5) is 51.9. The minimum Gasteiger partial charge on any atom is -0.324 e. The molecule has 1 aromatic rings. The lowest BCUT2D eigenvalue weighted by Crippen LogP contribution is -2.43. The molecule has 1 aliphatic heterocycles. The van der Waals surface area contributed by atoms with Crippen LogP contribution < -0.4 is 5.32 Å². The van der Waals surface area contributed by atoms with Gasteiger partial charge < -0.3 is 5.32 Å². The van der Waals surface area contributed by atoms with Gasteiger partial charge in [0.1, 0.15) is 0 Å². The smallest absolute Gasteiger partial charge is 0.324 e. The van der Waals surface area contributed by atoms with E-state index in [2.05, 4.69) is 5.32 Å². The molecule has 9 heteroatoms. The number of carbonyl (C=O) groups excluding carboxylic acids is 4. The summed E-state index contributed by atoms with van der Waals surface area (Å²) in [7, 11) is 1.60. The molecule has 1 heterocycles. The second-order valence-electron chi connectivity index (χ2n) is 5.47. The maximum Gasteiger partial charge on any atom is 0.335 e. The molecule has 0 spiro atoms. The van der Waals surface area contributed by atoms with Crippen LogP contribution in [0.3, 0.4) is 0 Å². The van der Waals surface area contributed by atoms with Crippen molar-refractivity contribution in [2.24, 2.45) is 0 Å². The third-order valence-corrected chi connectivity index (χ3v) is 4.42. The Morgan fingerprint density at radius 2 is 1.80 bits per heavy atom. The number of amides is 5. The molecule has 2 rings (SSSR count). The van der Waals surface area contributed by atoms with Crippen molar-refractivity contribution < 1.29 is 19.2 Å². The van der Waals surface area contributed by atoms with Gasteiger partial charge in [0.15, 0.2) is 0 Å². The molecule has 25 heavy (non-hydrogen) atoms. The van der Waals surface area contributed by atoms with E-state index in [1.165, 1.54) is 16.7 Å². The Bertz CT molecular complexity index is 709. The van der Waals surface area contributed by atoms with Crippen molar-refractivity contribution in [1.82, 2.24) is 14.7 Å². The highest BCUT2D eigenvalue weighted by molar-refractivity contribution is 7.98. The topological polar surface area (TPSA) is 90.0 Å². The molecule has 0 aromatic heterocycles. The van der Waals surface area contributed by atoms with Crippen molar-refractivity contribution in [2.45, 2.75) is 11.8 Å². The van der Waals surface area contributed by atoms with Crippen LogP contribution in [-0.4, -0.2) is 71.5 Å². The number of thioether (sulfide) groups is 1. The van der Waals surface area contributed by atoms with E-state index in [9.17, 15) is 19.2 Å². The minimum absolute atomic E-state index is 0.0277. The summed E-state index contributed by atoms with van der Waals surface area (Å²) in [5, 5.41) is 2.80. The first kappa shape index (κ1) is 18.9. The Hall–Kier alpha value is -2.39. The number of nitrogens with one attached hydrogen (secondary N) is 1. The van der Waals surface area contributed by atoms with E-state index in [0.29, 0.717) is 5.69 Å². The summed E-state index contributed by atoms with van der Waals surface area (Å²) in [5.41, 5.74) is 0.703. The standard InChI is InChI=1S/C16H20N4O4S/c1-4-19-14(22)15(23)20(16(19)24)10-18(2)9-13(21)17-11-7-5-6-8-12(11)25-3/h5-8H,4,9-10H2,1-3H3,(H,17,21). The van der Waals surface area contributed by atoms with Crippen molar-refractivity contribution in [3.05, 3.63) is 24.3 Å². The zero-order valence-electron chi connectivity index (χ0n) is 14.3. The molecular formula is C16H20N4O4S. The lowest BCUT2D eigenvalue weighted by molar-refractivity contribution is -0.143. The number of nitrogens with zero attached hydrogens (tertiary/aromatic N) is 3. The van der Waals surface area contributed by atoms with Gasteiger partial charge in [-0.15, -0.1) is 11.8 Å². The van der Waals surface area contributed by atoms with Crippen LogP contribution in [0.1, 0.15) is 6.92 Å². The van der Waals surface area contributed by atoms with Crippen molar-refractivity contribution in [2.75, 3.05) is 38.4 Å². The zero-order chi connectivity index (χ0) is 18.6. The predicted octanol–water partition coefficient (Wildman–Crippen LogP) is 1.05. The summed E-state index contributed by atoms with van der Waals surface area (Å²) in [6.45, 7) is 1.60. The molecule has 134 valence electrons. The fourth-order valence-corrected chi connectivity index (χ4v) is 2.98. The van der Waals surface area contributed by atoms with E-state index < -0.39 is 17.8 Å². The molecule has 5 amide bonds. The van der Waals surface area contributed by atoms with Crippen LogP contribution in [0.15, 0.2) is 29.2 Å². The van der Waals surface area contributed by atoms with Crippen molar-refractivity contribution in [3.8, 4) is 0 Å². The maximum atomic E-state index is 12.2. The van der Waals surface area contributed by atoms with Gasteiger partial charge in [-0.1, -0.05) is 12.1 Å². The average Bonchev–Trinajstić information content (AvgIpc) is 2.78. The second-order valence-corrected chi connectivity index (χ2v) is 6.32. The van der Waals surface area contributed by atoms with Gasteiger partial charge in [0.25, 0.3) is 0 Å². The number of carbonyl (C=O) groups is 4. The highest BCUT2D eigenvalue weighted by Crippen LogP contribution is 2.24. The number of hydrogen-bond donors (Lipinski definition) is 1. The number of rotatable bonds is 7. The Kier molecular flexibility index (Phi) is 6.16. The van der Waals surface area contributed by atoms with Gasteiger partial charge in [0.05, 0.1) is 18.9 Å². The van der Waals surface area contributed by atoms with Crippen LogP contribution in [0, 0.1) is 0 Å². The fraction of sp³-hybridized carbons (Fsp3) is 0.375. The molecule has 1 aromatic carbocycles. The average molecular weight is 364 g/mol. The molecule has 0 atom stereocenters. The molecule has 0 bridgehead atoms. The van der Waals surface area contributed by atoms with Gasteiger partial charge in [-0.2, -0.15) is 0 Å². The van der Waals surface area contributed by atoms with Gasteiger partial charge >= 0.3 is 17.8 Å². The van der Waals surface area contributed by atoms with Crippen LogP contribution in [0.5, 0.6) is 0 Å². The Balaban J connectivity index is 1.95. The third kappa shape index (κ3) is 4.18. The fourth-order valence-electron chi connectivity index (χ4n) is 2.43. The zero-order valence-corrected chi connectivity index (χ0v) is 15.1. The lowest BCUT2D eigenvalue weighted by atomic mass is 10.3. The van der Waals surface area contributed by atoms with Gasteiger partial charge in [-0.25, -0.2) is 9.69 Å². The van der Waals surface area contributed by atoms with Crippen molar-refractivity contribution >= 4 is 41.2 Å². The molecule has 1 aliphatic rings. The van der Waals surface area contributed by atoms with Crippen LogP contribution in [-0.2, 0) is 14.4 Å². The number of benzene rings is 1. The highest BCUT2D eigenvalue weighted by atomic mass is 32.2. The number of imide groups is 2. The number of para-hydroxylation sites is 1. The number of anilines is 1. The van der Waals surface area contributed by atoms with E-state index in [1.807, 2.05) is 24.5 Å². The van der Waals surface area contributed by atoms with E-state index >= 15 is 0 Å². The van der Waals surface area contributed by atoms with E-state index in [0.717, 1.165) is 14.7 Å². The number of hydrogen-bond acceptors (Lipinski definition) is 6. The van der Waals surface area contributed by atoms with Gasteiger partial charge in [-0.05, 0) is 32.4 Å². The van der Waals surface area contributed by atoms with E-state index in [-0.39, 0.29) is 25.7 Å². The predicted molar refractivity (Wildman–Crippen MR) is 94.0 cm³/mol. The molecule has 1 saturated heterocycles. The normalized spacial score (nSPS) is 14.6. The van der Waals surface area contributed by atoms with Gasteiger partial charge in [-0.3, -0.25) is 24.2 Å². The number of likely N-dealkylation sites (N-methyl/N-ethyl adjacent to an activating group) is 2. The first-order valence-corrected chi connectivity index (χ1v) is 8.90. The molecule has 1 fully saturated rings. The molecule has 0 unspecified atom stereocenters. The second kappa shape index (κ2) is 8.13. The molecule has 1 N–H and O–H groups in total. The monoisotopic (exact) mass is 364 g/mol. The molecular weight excluding hydrogens is 344 g/mol. The SMILES string of the molecule is CCN1C(=O)C(=O)N(CN(C)CC(=O)Nc2ccccc2SC)C1=O. The molecule has 0 aliphatic carbocycles. The minimum atomic E-state index is -0.869. The molecule has 8 nitrogen and oxygen atoms in total. The van der Waals surface area contributed by atoms with Gasteiger partial charge in [0.2, 0.25) is 5.91 Å². The maximum absolute atomic E-state index is 12.2. The summed E-state index contributed by atoms with van der Waals surface area (Å²) < 4.78 is 0. The van der Waals surface area contributed by atoms with Crippen molar-refractivity contribution in [3.63, 3.8) is 0 Å². The summed E-state index contributed by atoms with van der Waals surface area (Å²) in [6.07, 6.45) is 1.91. The summed E-state index contributed by atoms with van der Waals surface area (Å²) in [6, 6.07) is 6.75. The third-order valence-electron chi connectivity index (χ3n) is 3.63. The summed E-state index contributed by atoms with van der Waals surface area (Å²) >= 11 is 1.52. The lowest BCUT2D eigenvalue weighted by Gasteiger charge is -2.22. The Morgan fingerprint density at radius 1 is 1.16 bits per heavy atom. The Labute approximate surface area is 150 Å².